The van der Waals surface area contributed by atoms with Gasteiger partial charge in [-0.1, -0.05) is 12.1 Å². The summed E-state index contributed by atoms with van der Waals surface area (Å²) in [4.78, 5) is 33.6. The monoisotopic (exact) mass is 399 g/mol. The van der Waals surface area contributed by atoms with E-state index >= 15 is 0 Å². The van der Waals surface area contributed by atoms with E-state index in [1.807, 2.05) is 0 Å². The molecular formula is C20H21N3O6. The van der Waals surface area contributed by atoms with Gasteiger partial charge in [-0.05, 0) is 49.1 Å². The number of nitrogens with zero attached hydrogens (tertiary/aromatic N) is 1. The van der Waals surface area contributed by atoms with Crippen LogP contribution in [0, 0.1) is 10.1 Å². The molecule has 2 aromatic carbocycles. The molecule has 0 aromatic heterocycles. The topological polar surface area (TPSA) is 131 Å². The summed E-state index contributed by atoms with van der Waals surface area (Å²) in [6.07, 6.45) is 2.53. The van der Waals surface area contributed by atoms with Gasteiger partial charge in [0.2, 0.25) is 0 Å². The zero-order valence-electron chi connectivity index (χ0n) is 15.6. The summed E-state index contributed by atoms with van der Waals surface area (Å²) < 4.78 is 5.06. The van der Waals surface area contributed by atoms with Crippen molar-refractivity contribution >= 4 is 23.3 Å². The van der Waals surface area contributed by atoms with E-state index < -0.39 is 17.5 Å². The van der Waals surface area contributed by atoms with Crippen molar-refractivity contribution in [3.63, 3.8) is 0 Å². The zero-order valence-corrected chi connectivity index (χ0v) is 15.6. The Hall–Kier alpha value is -3.62. The number of nitro groups is 1. The molecule has 152 valence electrons. The summed E-state index contributed by atoms with van der Waals surface area (Å²) in [6, 6.07) is 11.6. The molecule has 0 bridgehead atoms. The van der Waals surface area contributed by atoms with E-state index in [1.54, 1.807) is 36.4 Å². The molecule has 1 amide bonds. The molecule has 1 fully saturated rings. The van der Waals surface area contributed by atoms with Crippen molar-refractivity contribution in [1.82, 2.24) is 5.32 Å². The second-order valence-corrected chi connectivity index (χ2v) is 6.74. The Morgan fingerprint density at radius 2 is 1.90 bits per heavy atom. The van der Waals surface area contributed by atoms with E-state index in [2.05, 4.69) is 10.6 Å². The van der Waals surface area contributed by atoms with Gasteiger partial charge in [-0.15, -0.1) is 0 Å². The highest BCUT2D eigenvalue weighted by atomic mass is 16.6. The van der Waals surface area contributed by atoms with Crippen molar-refractivity contribution in [2.75, 3.05) is 18.5 Å². The number of carbonyl (C=O) groups excluding carboxylic acids is 1. The fraction of sp³-hybridized carbons (Fsp3) is 0.300. The number of nitrogens with one attached hydrogen (secondary N) is 2. The van der Waals surface area contributed by atoms with E-state index in [4.69, 9.17) is 9.84 Å². The van der Waals surface area contributed by atoms with Crippen molar-refractivity contribution < 1.29 is 24.4 Å². The average Bonchev–Trinajstić information content (AvgIpc) is 3.51. The molecule has 3 rings (SSSR count). The number of hydrogen-bond acceptors (Lipinski definition) is 6. The standard InChI is InChI=1S/C20H21N3O6/c24-19(25)12-29-16-6-1-13(2-7-16)9-10-21-20(26)14-3-8-17(22-15-4-5-15)18(11-14)23(27)28/h1-3,6-8,11,15,22H,4-5,9-10,12H2,(H,21,26)(H,24,25). The molecule has 1 aliphatic carbocycles. The van der Waals surface area contributed by atoms with Crippen LogP contribution < -0.4 is 15.4 Å². The number of ether oxygens (including phenoxy) is 1. The first-order valence-electron chi connectivity index (χ1n) is 9.19. The Morgan fingerprint density at radius 1 is 1.17 bits per heavy atom. The zero-order chi connectivity index (χ0) is 20.8. The normalized spacial score (nSPS) is 12.8. The molecule has 0 heterocycles. The molecule has 0 saturated heterocycles. The van der Waals surface area contributed by atoms with Crippen LogP contribution in [0.3, 0.4) is 0 Å². The van der Waals surface area contributed by atoms with Gasteiger partial charge < -0.3 is 20.5 Å². The molecule has 29 heavy (non-hydrogen) atoms. The lowest BCUT2D eigenvalue weighted by atomic mass is 10.1. The van der Waals surface area contributed by atoms with E-state index in [0.29, 0.717) is 24.4 Å². The van der Waals surface area contributed by atoms with Crippen LogP contribution in [-0.4, -0.2) is 41.1 Å². The van der Waals surface area contributed by atoms with Gasteiger partial charge in [-0.3, -0.25) is 14.9 Å². The number of aliphatic carboxylic acids is 1. The number of hydrogen-bond donors (Lipinski definition) is 3. The predicted molar refractivity (Wildman–Crippen MR) is 105 cm³/mol. The summed E-state index contributed by atoms with van der Waals surface area (Å²) in [5.74, 6) is -0.978. The first kappa shape index (κ1) is 20.1. The quantitative estimate of drug-likeness (QED) is 0.413. The molecule has 9 heteroatoms. The summed E-state index contributed by atoms with van der Waals surface area (Å²) in [5.41, 5.74) is 1.49. The third kappa shape index (κ3) is 5.93. The maximum atomic E-state index is 12.3. The number of carbonyl (C=O) groups is 2. The first-order chi connectivity index (χ1) is 13.9. The van der Waals surface area contributed by atoms with E-state index in [0.717, 1.165) is 18.4 Å². The average molecular weight is 399 g/mol. The first-order valence-corrected chi connectivity index (χ1v) is 9.19. The smallest absolute Gasteiger partial charge is 0.341 e. The van der Waals surface area contributed by atoms with Crippen molar-refractivity contribution in [1.29, 1.82) is 0 Å². The maximum absolute atomic E-state index is 12.3. The van der Waals surface area contributed by atoms with Crippen LogP contribution in [0.1, 0.15) is 28.8 Å². The molecule has 1 saturated carbocycles. The van der Waals surface area contributed by atoms with Crippen LogP contribution in [0.25, 0.3) is 0 Å². The minimum Gasteiger partial charge on any atom is -0.482 e. The number of amides is 1. The van der Waals surface area contributed by atoms with E-state index in [-0.39, 0.29) is 23.2 Å². The summed E-state index contributed by atoms with van der Waals surface area (Å²) in [5, 5.41) is 25.7. The molecule has 0 unspecified atom stereocenters. The number of benzene rings is 2. The summed E-state index contributed by atoms with van der Waals surface area (Å²) >= 11 is 0. The van der Waals surface area contributed by atoms with Gasteiger partial charge in [-0.2, -0.15) is 0 Å². The lowest BCUT2D eigenvalue weighted by molar-refractivity contribution is -0.384. The van der Waals surface area contributed by atoms with Gasteiger partial charge in [0.05, 0.1) is 4.92 Å². The minimum atomic E-state index is -1.05. The van der Waals surface area contributed by atoms with Crippen LogP contribution >= 0.6 is 0 Å². The van der Waals surface area contributed by atoms with E-state index in [1.165, 1.54) is 6.07 Å². The van der Waals surface area contributed by atoms with Crippen LogP contribution in [-0.2, 0) is 11.2 Å². The third-order valence-electron chi connectivity index (χ3n) is 4.38. The fourth-order valence-corrected chi connectivity index (χ4v) is 2.71. The van der Waals surface area contributed by atoms with Gasteiger partial charge in [0.25, 0.3) is 11.6 Å². The molecule has 0 atom stereocenters. The Morgan fingerprint density at radius 3 is 2.52 bits per heavy atom. The Bertz CT molecular complexity index is 909. The van der Waals surface area contributed by atoms with Gasteiger partial charge in [0.15, 0.2) is 6.61 Å². The van der Waals surface area contributed by atoms with E-state index in [9.17, 15) is 19.7 Å². The van der Waals surface area contributed by atoms with Crippen molar-refractivity contribution in [3.8, 4) is 5.75 Å². The van der Waals surface area contributed by atoms with Crippen molar-refractivity contribution in [3.05, 3.63) is 63.7 Å². The molecule has 0 spiro atoms. The predicted octanol–water partition coefficient (Wildman–Crippen LogP) is 2.61. The molecule has 9 nitrogen and oxygen atoms in total. The molecular weight excluding hydrogens is 378 g/mol. The van der Waals surface area contributed by atoms with Gasteiger partial charge in [0, 0.05) is 24.2 Å². The number of nitro benzene ring substituents is 1. The van der Waals surface area contributed by atoms with Gasteiger partial charge in [-0.25, -0.2) is 4.79 Å². The Labute approximate surface area is 166 Å². The number of carboxylic acids is 1. The third-order valence-corrected chi connectivity index (χ3v) is 4.38. The lowest BCUT2D eigenvalue weighted by Gasteiger charge is -2.09. The van der Waals surface area contributed by atoms with Crippen LogP contribution in [0.4, 0.5) is 11.4 Å². The lowest BCUT2D eigenvalue weighted by Crippen LogP contribution is -2.25. The van der Waals surface area contributed by atoms with Crippen LogP contribution in [0.15, 0.2) is 42.5 Å². The van der Waals surface area contributed by atoms with Gasteiger partial charge in [0.1, 0.15) is 11.4 Å². The molecule has 3 N–H and O–H groups in total. The minimum absolute atomic E-state index is 0.110. The number of carboxylic acid groups (broad SMARTS) is 1. The second-order valence-electron chi connectivity index (χ2n) is 6.74. The highest BCUT2D eigenvalue weighted by Crippen LogP contribution is 2.31. The Balaban J connectivity index is 1.53. The van der Waals surface area contributed by atoms with Gasteiger partial charge >= 0.3 is 5.97 Å². The Kier molecular flexibility index (Phi) is 6.28. The highest BCUT2D eigenvalue weighted by molar-refractivity contribution is 5.95. The maximum Gasteiger partial charge on any atom is 0.341 e. The fourth-order valence-electron chi connectivity index (χ4n) is 2.71. The summed E-state index contributed by atoms with van der Waals surface area (Å²) in [6.45, 7) is -0.0550. The van der Waals surface area contributed by atoms with Crippen LogP contribution in [0.5, 0.6) is 5.75 Å². The summed E-state index contributed by atoms with van der Waals surface area (Å²) in [7, 11) is 0. The SMILES string of the molecule is O=C(O)COc1ccc(CCNC(=O)c2ccc(NC3CC3)c([N+](=O)[O-])c2)cc1. The van der Waals surface area contributed by atoms with Crippen molar-refractivity contribution in [2.24, 2.45) is 0 Å². The molecule has 0 aliphatic heterocycles. The molecule has 0 radical (unpaired) electrons. The highest BCUT2D eigenvalue weighted by Gasteiger charge is 2.25. The molecule has 2 aromatic rings. The van der Waals surface area contributed by atoms with Crippen LogP contribution in [0.2, 0.25) is 0 Å². The number of rotatable bonds is 10. The molecule has 1 aliphatic rings. The number of anilines is 1. The largest absolute Gasteiger partial charge is 0.482 e. The second kappa shape index (κ2) is 9.05. The van der Waals surface area contributed by atoms with Crippen molar-refractivity contribution in [2.45, 2.75) is 25.3 Å².